The number of nitrogens with zero attached hydrogens (tertiary/aromatic N) is 1. The highest BCUT2D eigenvalue weighted by atomic mass is 35.5. The number of piperidine rings is 1. The largest absolute Gasteiger partial charge is 0.354 e. The molecule has 5 nitrogen and oxygen atoms in total. The number of nitrogens with one attached hydrogen (secondary N) is 2. The second-order valence-corrected chi connectivity index (χ2v) is 6.63. The van der Waals surface area contributed by atoms with Crippen molar-refractivity contribution in [3.63, 3.8) is 0 Å². The van der Waals surface area contributed by atoms with Gasteiger partial charge in [0, 0.05) is 19.6 Å². The van der Waals surface area contributed by atoms with E-state index in [1.165, 1.54) is 12.1 Å². The summed E-state index contributed by atoms with van der Waals surface area (Å²) in [6.07, 6.45) is 3.77. The minimum Gasteiger partial charge on any atom is -0.354 e. The summed E-state index contributed by atoms with van der Waals surface area (Å²) in [5.74, 6) is -0.475. The topological polar surface area (TPSA) is 61.4 Å². The number of carbonyl (C=O) groups excluding carboxylic acids is 2. The van der Waals surface area contributed by atoms with Crippen LogP contribution < -0.4 is 10.6 Å². The lowest BCUT2D eigenvalue weighted by molar-refractivity contribution is -0.123. The highest BCUT2D eigenvalue weighted by Crippen LogP contribution is 2.19. The maximum absolute atomic E-state index is 13.8. The van der Waals surface area contributed by atoms with Crippen LogP contribution in [0.25, 0.3) is 0 Å². The Balaban J connectivity index is 0.00000225. The Morgan fingerprint density at radius 3 is 2.76 bits per heavy atom. The number of amides is 2. The van der Waals surface area contributed by atoms with E-state index in [0.29, 0.717) is 19.6 Å². The van der Waals surface area contributed by atoms with E-state index in [9.17, 15) is 14.0 Å². The molecule has 3 rings (SSSR count). The molecule has 0 bridgehead atoms. The van der Waals surface area contributed by atoms with Crippen LogP contribution in [0.4, 0.5) is 4.39 Å². The van der Waals surface area contributed by atoms with Crippen LogP contribution in [0.2, 0.25) is 0 Å². The van der Waals surface area contributed by atoms with Crippen LogP contribution in [0, 0.1) is 11.7 Å². The first-order valence-corrected chi connectivity index (χ1v) is 8.70. The summed E-state index contributed by atoms with van der Waals surface area (Å²) in [4.78, 5) is 26.3. The molecule has 0 spiro atoms. The van der Waals surface area contributed by atoms with Crippen molar-refractivity contribution >= 4 is 24.2 Å². The molecule has 0 saturated carbocycles. The SMILES string of the molecule is Cl.O=C(NCC1CCCN(C(=O)c2ccccc2F)C1)C1CCCN1. The van der Waals surface area contributed by atoms with E-state index >= 15 is 0 Å². The van der Waals surface area contributed by atoms with Gasteiger partial charge in [-0.25, -0.2) is 4.39 Å². The van der Waals surface area contributed by atoms with E-state index in [2.05, 4.69) is 10.6 Å². The van der Waals surface area contributed by atoms with Crippen LogP contribution in [-0.2, 0) is 4.79 Å². The molecular formula is C18H25ClFN3O2. The van der Waals surface area contributed by atoms with Gasteiger partial charge in [0.2, 0.25) is 5.91 Å². The van der Waals surface area contributed by atoms with Gasteiger partial charge in [-0.05, 0) is 50.3 Å². The van der Waals surface area contributed by atoms with Crippen molar-refractivity contribution in [2.24, 2.45) is 5.92 Å². The number of hydrogen-bond donors (Lipinski definition) is 2. The molecule has 2 aliphatic heterocycles. The highest BCUT2D eigenvalue weighted by Gasteiger charge is 2.27. The van der Waals surface area contributed by atoms with Gasteiger partial charge in [0.15, 0.2) is 0 Å². The number of rotatable bonds is 4. The molecule has 2 fully saturated rings. The highest BCUT2D eigenvalue weighted by molar-refractivity contribution is 5.94. The summed E-state index contributed by atoms with van der Waals surface area (Å²) < 4.78 is 13.8. The summed E-state index contributed by atoms with van der Waals surface area (Å²) >= 11 is 0. The zero-order valence-electron chi connectivity index (χ0n) is 14.2. The molecule has 138 valence electrons. The maximum Gasteiger partial charge on any atom is 0.256 e. The van der Waals surface area contributed by atoms with Gasteiger partial charge in [-0.1, -0.05) is 12.1 Å². The number of hydrogen-bond acceptors (Lipinski definition) is 3. The number of carbonyl (C=O) groups is 2. The Hall–Kier alpha value is -1.66. The summed E-state index contributed by atoms with van der Waals surface area (Å²) in [7, 11) is 0. The fourth-order valence-corrected chi connectivity index (χ4v) is 3.50. The third-order valence-corrected chi connectivity index (χ3v) is 4.85. The Bertz CT molecular complexity index is 608. The molecule has 1 aromatic carbocycles. The molecule has 0 radical (unpaired) electrons. The Morgan fingerprint density at radius 2 is 2.04 bits per heavy atom. The minimum absolute atomic E-state index is 0. The van der Waals surface area contributed by atoms with E-state index in [1.807, 2.05) is 0 Å². The standard InChI is InChI=1S/C18H24FN3O2.ClH/c19-15-7-2-1-6-14(15)18(24)22-10-4-5-13(12-22)11-21-17(23)16-8-3-9-20-16;/h1-2,6-7,13,16,20H,3-5,8-12H2,(H,21,23);1H. The monoisotopic (exact) mass is 369 g/mol. The van der Waals surface area contributed by atoms with E-state index in [4.69, 9.17) is 0 Å². The van der Waals surface area contributed by atoms with E-state index < -0.39 is 5.82 Å². The summed E-state index contributed by atoms with van der Waals surface area (Å²) in [5, 5.41) is 6.17. The van der Waals surface area contributed by atoms with Crippen LogP contribution in [0.3, 0.4) is 0 Å². The number of halogens is 2. The normalized spacial score (nSPS) is 23.0. The molecule has 1 aromatic rings. The lowest BCUT2D eigenvalue weighted by atomic mass is 9.97. The van der Waals surface area contributed by atoms with Gasteiger partial charge < -0.3 is 15.5 Å². The van der Waals surface area contributed by atoms with Crippen molar-refractivity contribution in [2.45, 2.75) is 31.7 Å². The number of likely N-dealkylation sites (tertiary alicyclic amines) is 1. The molecule has 2 atom stereocenters. The Kier molecular flexibility index (Phi) is 7.20. The molecule has 2 heterocycles. The Labute approximate surface area is 153 Å². The van der Waals surface area contributed by atoms with Crippen LogP contribution in [-0.4, -0.2) is 48.9 Å². The molecule has 0 aliphatic carbocycles. The van der Waals surface area contributed by atoms with Crippen molar-refractivity contribution < 1.29 is 14.0 Å². The first-order valence-electron chi connectivity index (χ1n) is 8.70. The van der Waals surface area contributed by atoms with Crippen molar-refractivity contribution in [3.05, 3.63) is 35.6 Å². The third-order valence-electron chi connectivity index (χ3n) is 4.85. The minimum atomic E-state index is -0.481. The Morgan fingerprint density at radius 1 is 1.24 bits per heavy atom. The van der Waals surface area contributed by atoms with Crippen LogP contribution in [0.15, 0.2) is 24.3 Å². The van der Waals surface area contributed by atoms with Crippen LogP contribution in [0.5, 0.6) is 0 Å². The molecule has 2 aliphatic rings. The molecule has 25 heavy (non-hydrogen) atoms. The van der Waals surface area contributed by atoms with Crippen molar-refractivity contribution in [1.29, 1.82) is 0 Å². The van der Waals surface area contributed by atoms with Gasteiger partial charge >= 0.3 is 0 Å². The van der Waals surface area contributed by atoms with Crippen molar-refractivity contribution in [1.82, 2.24) is 15.5 Å². The maximum atomic E-state index is 13.8. The van der Waals surface area contributed by atoms with Crippen molar-refractivity contribution in [3.8, 4) is 0 Å². The number of benzene rings is 1. The lowest BCUT2D eigenvalue weighted by Gasteiger charge is -2.33. The van der Waals surface area contributed by atoms with Gasteiger partial charge in [0.25, 0.3) is 5.91 Å². The van der Waals surface area contributed by atoms with Crippen LogP contribution >= 0.6 is 12.4 Å². The lowest BCUT2D eigenvalue weighted by Crippen LogP contribution is -2.46. The van der Waals surface area contributed by atoms with Crippen LogP contribution in [0.1, 0.15) is 36.0 Å². The first-order chi connectivity index (χ1) is 11.6. The second kappa shape index (κ2) is 9.15. The van der Waals surface area contributed by atoms with Gasteiger partial charge in [0.1, 0.15) is 5.82 Å². The van der Waals surface area contributed by atoms with E-state index in [-0.39, 0.29) is 41.7 Å². The summed E-state index contributed by atoms with van der Waals surface area (Å²) in [6.45, 7) is 2.66. The smallest absolute Gasteiger partial charge is 0.256 e. The average molecular weight is 370 g/mol. The molecule has 2 unspecified atom stereocenters. The van der Waals surface area contributed by atoms with Gasteiger partial charge in [-0.15, -0.1) is 12.4 Å². The zero-order chi connectivity index (χ0) is 16.9. The average Bonchev–Trinajstić information content (AvgIpc) is 3.14. The zero-order valence-corrected chi connectivity index (χ0v) is 15.0. The second-order valence-electron chi connectivity index (χ2n) is 6.63. The summed E-state index contributed by atoms with van der Waals surface area (Å²) in [6, 6.07) is 6.01. The first kappa shape index (κ1) is 19.7. The quantitative estimate of drug-likeness (QED) is 0.853. The van der Waals surface area contributed by atoms with Gasteiger partial charge in [-0.2, -0.15) is 0 Å². The van der Waals surface area contributed by atoms with Gasteiger partial charge in [-0.3, -0.25) is 9.59 Å². The van der Waals surface area contributed by atoms with E-state index in [1.54, 1.807) is 17.0 Å². The summed E-state index contributed by atoms with van der Waals surface area (Å²) in [5.41, 5.74) is 0.123. The molecule has 2 amide bonds. The molecule has 2 N–H and O–H groups in total. The molecular weight excluding hydrogens is 345 g/mol. The molecule has 0 aromatic heterocycles. The predicted octanol–water partition coefficient (Wildman–Crippen LogP) is 1.97. The molecule has 7 heteroatoms. The fourth-order valence-electron chi connectivity index (χ4n) is 3.50. The third kappa shape index (κ3) is 4.92. The van der Waals surface area contributed by atoms with E-state index in [0.717, 1.165) is 32.2 Å². The van der Waals surface area contributed by atoms with Crippen molar-refractivity contribution in [2.75, 3.05) is 26.2 Å². The fraction of sp³-hybridized carbons (Fsp3) is 0.556. The van der Waals surface area contributed by atoms with Gasteiger partial charge in [0.05, 0.1) is 11.6 Å². The predicted molar refractivity (Wildman–Crippen MR) is 96.3 cm³/mol. The molecule has 2 saturated heterocycles.